The van der Waals surface area contributed by atoms with Crippen molar-refractivity contribution in [1.29, 1.82) is 0 Å². The zero-order chi connectivity index (χ0) is 15.0. The molecule has 0 fully saturated rings. The van der Waals surface area contributed by atoms with Gasteiger partial charge < -0.3 is 15.5 Å². The number of rotatable bonds is 4. The number of hydrogen-bond donors (Lipinski definition) is 2. The van der Waals surface area contributed by atoms with Crippen LogP contribution in [0.4, 0.5) is 10.8 Å². The van der Waals surface area contributed by atoms with Crippen molar-refractivity contribution < 1.29 is 4.42 Å². The average Bonchev–Trinajstić information content (AvgIpc) is 3.12. The fourth-order valence-corrected chi connectivity index (χ4v) is 3.50. The van der Waals surface area contributed by atoms with Gasteiger partial charge >= 0.3 is 0 Å². The van der Waals surface area contributed by atoms with Gasteiger partial charge in [0.05, 0.1) is 22.3 Å². The summed E-state index contributed by atoms with van der Waals surface area (Å²) < 4.78 is 9.90. The van der Waals surface area contributed by atoms with Crippen molar-refractivity contribution in [2.75, 3.05) is 11.1 Å². The molecular formula is C14H16N4OS2. The quantitative estimate of drug-likeness (QED) is 0.752. The van der Waals surface area contributed by atoms with Crippen molar-refractivity contribution in [2.24, 2.45) is 0 Å². The van der Waals surface area contributed by atoms with E-state index in [1.807, 2.05) is 38.3 Å². The maximum absolute atomic E-state index is 6.00. The highest BCUT2D eigenvalue weighted by Gasteiger charge is 2.19. The summed E-state index contributed by atoms with van der Waals surface area (Å²) >= 11 is 2.95. The van der Waals surface area contributed by atoms with Crippen molar-refractivity contribution in [1.82, 2.24) is 9.36 Å². The first-order valence-corrected chi connectivity index (χ1v) is 8.20. The fraction of sp³-hybridized carbons (Fsp3) is 0.286. The minimum atomic E-state index is 0.0389. The summed E-state index contributed by atoms with van der Waals surface area (Å²) in [4.78, 5) is 4.50. The van der Waals surface area contributed by atoms with Crippen molar-refractivity contribution in [3.05, 3.63) is 34.0 Å². The van der Waals surface area contributed by atoms with Gasteiger partial charge in [-0.1, -0.05) is 0 Å². The highest BCUT2D eigenvalue weighted by molar-refractivity contribution is 7.11. The second-order valence-electron chi connectivity index (χ2n) is 4.84. The van der Waals surface area contributed by atoms with Crippen LogP contribution in [0.1, 0.15) is 29.5 Å². The molecule has 0 aliphatic carbocycles. The van der Waals surface area contributed by atoms with Crippen LogP contribution in [0, 0.1) is 13.8 Å². The van der Waals surface area contributed by atoms with E-state index in [-0.39, 0.29) is 6.04 Å². The first-order chi connectivity index (χ1) is 10.0. The number of thiazole rings is 1. The van der Waals surface area contributed by atoms with Gasteiger partial charge in [0.15, 0.2) is 0 Å². The van der Waals surface area contributed by atoms with E-state index < -0.39 is 0 Å². The molecule has 1 unspecified atom stereocenters. The molecule has 1 atom stereocenters. The van der Waals surface area contributed by atoms with Crippen molar-refractivity contribution in [3.8, 4) is 11.3 Å². The van der Waals surface area contributed by atoms with Gasteiger partial charge in [-0.2, -0.15) is 4.37 Å². The Hall–Kier alpha value is -1.86. The number of aryl methyl sites for hydroxylation is 2. The van der Waals surface area contributed by atoms with E-state index >= 15 is 0 Å². The molecule has 0 aliphatic heterocycles. The van der Waals surface area contributed by atoms with Gasteiger partial charge in [-0.3, -0.25) is 0 Å². The van der Waals surface area contributed by atoms with Gasteiger partial charge in [0.1, 0.15) is 22.3 Å². The minimum absolute atomic E-state index is 0.0389. The maximum atomic E-state index is 6.00. The molecule has 110 valence electrons. The molecule has 0 spiro atoms. The van der Waals surface area contributed by atoms with Crippen LogP contribution in [0.5, 0.6) is 0 Å². The van der Waals surface area contributed by atoms with Gasteiger partial charge in [-0.15, -0.1) is 11.3 Å². The van der Waals surface area contributed by atoms with Crippen molar-refractivity contribution in [3.63, 3.8) is 0 Å². The number of furan rings is 1. The highest BCUT2D eigenvalue weighted by atomic mass is 32.1. The van der Waals surface area contributed by atoms with Crippen LogP contribution in [0.25, 0.3) is 11.3 Å². The molecule has 0 saturated heterocycles. The van der Waals surface area contributed by atoms with E-state index in [4.69, 9.17) is 10.2 Å². The van der Waals surface area contributed by atoms with Crippen LogP contribution >= 0.6 is 22.9 Å². The summed E-state index contributed by atoms with van der Waals surface area (Å²) in [6.07, 6.45) is 0. The minimum Gasteiger partial charge on any atom is -0.464 e. The average molecular weight is 320 g/mol. The smallest absolute Gasteiger partial charge is 0.148 e. The fourth-order valence-electron chi connectivity index (χ4n) is 2.08. The molecular weight excluding hydrogens is 304 g/mol. The third-order valence-corrected chi connectivity index (χ3v) is 4.70. The number of nitrogen functional groups attached to an aromatic ring is 1. The zero-order valence-corrected chi connectivity index (χ0v) is 13.6. The third kappa shape index (κ3) is 2.79. The van der Waals surface area contributed by atoms with Crippen LogP contribution in [0.3, 0.4) is 0 Å². The van der Waals surface area contributed by atoms with E-state index in [0.717, 1.165) is 32.8 Å². The van der Waals surface area contributed by atoms with Crippen molar-refractivity contribution >= 4 is 33.7 Å². The molecule has 0 aliphatic rings. The lowest BCUT2D eigenvalue weighted by molar-refractivity contribution is 0.467. The number of aromatic nitrogens is 2. The van der Waals surface area contributed by atoms with E-state index in [0.29, 0.717) is 5.82 Å². The molecule has 7 heteroatoms. The second kappa shape index (κ2) is 5.50. The van der Waals surface area contributed by atoms with E-state index in [2.05, 4.69) is 14.7 Å². The molecule has 0 aromatic carbocycles. The van der Waals surface area contributed by atoms with E-state index in [9.17, 15) is 0 Å². The zero-order valence-electron chi connectivity index (χ0n) is 12.0. The predicted molar refractivity (Wildman–Crippen MR) is 87.9 cm³/mol. The maximum Gasteiger partial charge on any atom is 0.148 e. The number of nitrogens with two attached hydrogens (primary N) is 1. The summed E-state index contributed by atoms with van der Waals surface area (Å²) in [6.45, 7) is 5.96. The van der Waals surface area contributed by atoms with Crippen LogP contribution in [-0.4, -0.2) is 9.36 Å². The first kappa shape index (κ1) is 14.1. The summed E-state index contributed by atoms with van der Waals surface area (Å²) in [5.74, 6) is 2.30. The molecule has 3 rings (SSSR count). The number of anilines is 2. The number of hydrogen-bond acceptors (Lipinski definition) is 7. The molecule has 3 aromatic rings. The molecule has 5 nitrogen and oxygen atoms in total. The van der Waals surface area contributed by atoms with Gasteiger partial charge in [0, 0.05) is 5.38 Å². The topological polar surface area (TPSA) is 77.0 Å². The molecule has 3 N–H and O–H groups in total. The Bertz CT molecular complexity index is 759. The SMILES string of the molecule is Cc1ccc(C(C)Nc2snc(N)c2-c2csc(C)n2)o1. The Morgan fingerprint density at radius 2 is 2.14 bits per heavy atom. The van der Waals surface area contributed by atoms with Crippen LogP contribution in [-0.2, 0) is 0 Å². The lowest BCUT2D eigenvalue weighted by Gasteiger charge is -2.12. The Kier molecular flexibility index (Phi) is 3.69. The van der Waals surface area contributed by atoms with E-state index in [1.165, 1.54) is 11.5 Å². The largest absolute Gasteiger partial charge is 0.464 e. The lowest BCUT2D eigenvalue weighted by Crippen LogP contribution is -2.05. The Morgan fingerprint density at radius 3 is 2.76 bits per heavy atom. The van der Waals surface area contributed by atoms with E-state index in [1.54, 1.807) is 11.3 Å². The molecule has 21 heavy (non-hydrogen) atoms. The molecule has 0 amide bonds. The van der Waals surface area contributed by atoms with Crippen molar-refractivity contribution in [2.45, 2.75) is 26.8 Å². The van der Waals surface area contributed by atoms with Gasteiger partial charge in [0.2, 0.25) is 0 Å². The highest BCUT2D eigenvalue weighted by Crippen LogP contribution is 2.38. The molecule has 3 aromatic heterocycles. The Labute approximate surface area is 131 Å². The predicted octanol–water partition coefficient (Wildman–Crippen LogP) is 4.23. The second-order valence-corrected chi connectivity index (χ2v) is 6.67. The standard InChI is InChI=1S/C14H16N4OS2/c1-7-4-5-11(19-7)8(2)16-14-12(13(15)18-21-14)10-6-20-9(3)17-10/h4-6,8,16H,1-3H3,(H2,15,18). The summed E-state index contributed by atoms with van der Waals surface area (Å²) in [7, 11) is 0. The summed E-state index contributed by atoms with van der Waals surface area (Å²) in [6, 6.07) is 3.97. The van der Waals surface area contributed by atoms with Gasteiger partial charge in [-0.25, -0.2) is 4.98 Å². The number of nitrogens with zero attached hydrogens (tertiary/aromatic N) is 2. The monoisotopic (exact) mass is 320 g/mol. The van der Waals surface area contributed by atoms with Crippen LogP contribution in [0.2, 0.25) is 0 Å². The molecule has 3 heterocycles. The van der Waals surface area contributed by atoms with Gasteiger partial charge in [-0.05, 0) is 44.4 Å². The number of nitrogens with one attached hydrogen (secondary N) is 1. The Balaban J connectivity index is 1.90. The lowest BCUT2D eigenvalue weighted by atomic mass is 10.2. The third-order valence-electron chi connectivity index (χ3n) is 3.13. The van der Waals surface area contributed by atoms with Crippen LogP contribution < -0.4 is 11.1 Å². The van der Waals surface area contributed by atoms with Crippen LogP contribution in [0.15, 0.2) is 21.9 Å². The molecule has 0 bridgehead atoms. The summed E-state index contributed by atoms with van der Waals surface area (Å²) in [5, 5.41) is 7.34. The normalized spacial score (nSPS) is 12.5. The summed E-state index contributed by atoms with van der Waals surface area (Å²) in [5.41, 5.74) is 7.75. The van der Waals surface area contributed by atoms with Gasteiger partial charge in [0.25, 0.3) is 0 Å². The molecule has 0 saturated carbocycles. The Morgan fingerprint density at radius 1 is 1.33 bits per heavy atom. The first-order valence-electron chi connectivity index (χ1n) is 6.55. The molecule has 0 radical (unpaired) electrons.